The molecule has 0 saturated heterocycles. The highest BCUT2D eigenvalue weighted by Crippen LogP contribution is 2.57. The number of para-hydroxylation sites is 1. The number of rotatable bonds is 5. The van der Waals surface area contributed by atoms with Crippen LogP contribution in [0.2, 0.25) is 0 Å². The van der Waals surface area contributed by atoms with E-state index < -0.39 is 0 Å². The second-order valence-corrected chi connectivity index (χ2v) is 14.1. The van der Waals surface area contributed by atoms with Gasteiger partial charge in [-0.3, -0.25) is 0 Å². The van der Waals surface area contributed by atoms with Crippen LogP contribution >= 0.6 is 0 Å². The molecule has 0 radical (unpaired) electrons. The van der Waals surface area contributed by atoms with Gasteiger partial charge in [-0.2, -0.15) is 0 Å². The highest BCUT2D eigenvalue weighted by Gasteiger charge is 2.40. The quantitative estimate of drug-likeness (QED) is 0.183. The number of hydrogen-bond donors (Lipinski definition) is 0. The monoisotopic (exact) mass is 666 g/mol. The molecule has 0 N–H and O–H groups in total. The van der Waals surface area contributed by atoms with Gasteiger partial charge in [-0.1, -0.05) is 147 Å². The molecule has 0 atom stereocenters. The van der Waals surface area contributed by atoms with Crippen LogP contribution in [0, 0.1) is 0 Å². The molecule has 0 saturated carbocycles. The van der Waals surface area contributed by atoms with Crippen molar-refractivity contribution in [2.45, 2.75) is 19.3 Å². The number of aromatic nitrogens is 3. The highest BCUT2D eigenvalue weighted by molar-refractivity contribution is 6.11. The molecular formula is C48H34N4. The van der Waals surface area contributed by atoms with Crippen molar-refractivity contribution in [3.63, 3.8) is 0 Å². The first-order valence-corrected chi connectivity index (χ1v) is 17.8. The standard InChI is InChI=1S/C48H34N4/c1-48(2)41-30-36(25-26-39(41)40-29-37-18-12-17-32-27-28-52(38-19-10-5-11-20-38)44(42(32)37)43(40)48)31-21-23-35(24-22-31)47-50-45(33-13-6-3-7-14-33)49-46(51-47)34-15-8-4-9-16-34/h3-30H,1-2H3. The zero-order valence-corrected chi connectivity index (χ0v) is 29.0. The number of benzene rings is 7. The normalized spacial score (nSPS) is 13.6. The Morgan fingerprint density at radius 3 is 1.67 bits per heavy atom. The van der Waals surface area contributed by atoms with Crippen LogP contribution in [0.15, 0.2) is 164 Å². The van der Waals surface area contributed by atoms with Crippen LogP contribution in [-0.4, -0.2) is 15.0 Å². The van der Waals surface area contributed by atoms with Crippen LogP contribution in [-0.2, 0) is 5.41 Å². The molecule has 8 aromatic rings. The molecule has 4 heteroatoms. The Balaban J connectivity index is 1.05. The van der Waals surface area contributed by atoms with Gasteiger partial charge < -0.3 is 4.90 Å². The topological polar surface area (TPSA) is 41.9 Å². The molecule has 0 unspecified atom stereocenters. The molecule has 0 fully saturated rings. The Hall–Kier alpha value is -6.65. The van der Waals surface area contributed by atoms with Crippen LogP contribution in [0.1, 0.15) is 30.5 Å². The molecule has 10 rings (SSSR count). The molecule has 1 aromatic heterocycles. The molecule has 0 bridgehead atoms. The van der Waals surface area contributed by atoms with Crippen molar-refractivity contribution in [3.8, 4) is 56.4 Å². The number of fused-ring (bicyclic) bond motifs is 4. The lowest BCUT2D eigenvalue weighted by Crippen LogP contribution is -2.22. The third kappa shape index (κ3) is 4.79. The lowest BCUT2D eigenvalue weighted by Gasteiger charge is -2.33. The second kappa shape index (κ2) is 11.7. The van der Waals surface area contributed by atoms with Crippen molar-refractivity contribution >= 4 is 28.2 Å². The summed E-state index contributed by atoms with van der Waals surface area (Å²) in [5.74, 6) is 1.98. The van der Waals surface area contributed by atoms with Crippen LogP contribution < -0.4 is 4.90 Å². The van der Waals surface area contributed by atoms with Crippen LogP contribution in [0.25, 0.3) is 73.3 Å². The summed E-state index contributed by atoms with van der Waals surface area (Å²) in [5, 5.41) is 2.58. The Labute approximate surface area is 303 Å². The molecule has 0 amide bonds. The summed E-state index contributed by atoms with van der Waals surface area (Å²) in [6, 6.07) is 55.6. The maximum absolute atomic E-state index is 4.94. The number of nitrogens with zero attached hydrogens (tertiary/aromatic N) is 4. The summed E-state index contributed by atoms with van der Waals surface area (Å²) in [4.78, 5) is 17.1. The first-order valence-electron chi connectivity index (χ1n) is 17.8. The first-order chi connectivity index (χ1) is 25.5. The van der Waals surface area contributed by atoms with Gasteiger partial charge in [0.1, 0.15) is 0 Å². The van der Waals surface area contributed by atoms with Crippen molar-refractivity contribution in [1.82, 2.24) is 15.0 Å². The minimum Gasteiger partial charge on any atom is -0.316 e. The van der Waals surface area contributed by atoms with Gasteiger partial charge in [0, 0.05) is 39.4 Å². The highest BCUT2D eigenvalue weighted by atomic mass is 15.1. The summed E-state index contributed by atoms with van der Waals surface area (Å²) in [6.45, 7) is 4.76. The predicted octanol–water partition coefficient (Wildman–Crippen LogP) is 12.1. The fourth-order valence-corrected chi connectivity index (χ4v) is 8.08. The van der Waals surface area contributed by atoms with E-state index in [9.17, 15) is 0 Å². The maximum Gasteiger partial charge on any atom is 0.164 e. The molecule has 246 valence electrons. The van der Waals surface area contributed by atoms with Crippen LogP contribution in [0.4, 0.5) is 11.4 Å². The van der Waals surface area contributed by atoms with E-state index in [1.165, 1.54) is 55.5 Å². The van der Waals surface area contributed by atoms with Gasteiger partial charge in [0.25, 0.3) is 0 Å². The molecule has 2 aliphatic rings. The summed E-state index contributed by atoms with van der Waals surface area (Å²) in [7, 11) is 0. The third-order valence-electron chi connectivity index (χ3n) is 10.6. The van der Waals surface area contributed by atoms with E-state index >= 15 is 0 Å². The molecule has 7 aromatic carbocycles. The summed E-state index contributed by atoms with van der Waals surface area (Å²) in [5.41, 5.74) is 14.1. The maximum atomic E-state index is 4.94. The van der Waals surface area contributed by atoms with E-state index in [1.54, 1.807) is 0 Å². The summed E-state index contributed by atoms with van der Waals surface area (Å²) >= 11 is 0. The van der Waals surface area contributed by atoms with Crippen molar-refractivity contribution < 1.29 is 0 Å². The van der Waals surface area contributed by atoms with E-state index in [0.29, 0.717) is 17.5 Å². The zero-order chi connectivity index (χ0) is 34.8. The van der Waals surface area contributed by atoms with Gasteiger partial charge >= 0.3 is 0 Å². The average molecular weight is 667 g/mol. The van der Waals surface area contributed by atoms with Gasteiger partial charge in [-0.15, -0.1) is 0 Å². The number of anilines is 2. The summed E-state index contributed by atoms with van der Waals surface area (Å²) < 4.78 is 0. The second-order valence-electron chi connectivity index (χ2n) is 14.1. The molecule has 2 heterocycles. The van der Waals surface area contributed by atoms with Gasteiger partial charge in [0.15, 0.2) is 17.5 Å². The molecule has 52 heavy (non-hydrogen) atoms. The molecular weight excluding hydrogens is 633 g/mol. The Bertz CT molecular complexity index is 2620. The van der Waals surface area contributed by atoms with E-state index in [0.717, 1.165) is 22.3 Å². The molecule has 4 nitrogen and oxygen atoms in total. The Kier molecular flexibility index (Phi) is 6.80. The Morgan fingerprint density at radius 1 is 0.481 bits per heavy atom. The van der Waals surface area contributed by atoms with Gasteiger partial charge in [0.05, 0.1) is 5.69 Å². The molecule has 1 aliphatic carbocycles. The molecule has 0 spiro atoms. The van der Waals surface area contributed by atoms with Crippen LogP contribution in [0.3, 0.4) is 0 Å². The first kappa shape index (κ1) is 30.2. The van der Waals surface area contributed by atoms with Gasteiger partial charge in [0.2, 0.25) is 0 Å². The van der Waals surface area contributed by atoms with Gasteiger partial charge in [-0.25, -0.2) is 15.0 Å². The van der Waals surface area contributed by atoms with E-state index in [1.807, 2.05) is 60.7 Å². The Morgan fingerprint density at radius 2 is 1.04 bits per heavy atom. The zero-order valence-electron chi connectivity index (χ0n) is 29.0. The lowest BCUT2D eigenvalue weighted by molar-refractivity contribution is 0.661. The van der Waals surface area contributed by atoms with Crippen molar-refractivity contribution in [2.75, 3.05) is 4.90 Å². The summed E-state index contributed by atoms with van der Waals surface area (Å²) in [6.07, 6.45) is 4.48. The fourth-order valence-electron chi connectivity index (χ4n) is 8.08. The van der Waals surface area contributed by atoms with Crippen LogP contribution in [0.5, 0.6) is 0 Å². The van der Waals surface area contributed by atoms with Crippen molar-refractivity contribution in [1.29, 1.82) is 0 Å². The van der Waals surface area contributed by atoms with E-state index in [2.05, 4.69) is 128 Å². The lowest BCUT2D eigenvalue weighted by atomic mass is 9.79. The number of hydrogen-bond acceptors (Lipinski definition) is 4. The largest absolute Gasteiger partial charge is 0.316 e. The minimum absolute atomic E-state index is 0.220. The third-order valence-corrected chi connectivity index (χ3v) is 10.6. The SMILES string of the molecule is CC1(C)c2cc(-c3ccc(-c4nc(-c5ccccc5)nc(-c5ccccc5)n4)cc3)ccc2-c2cc3cccc4c3c(c21)N(c1ccccc1)C=C4. The van der Waals surface area contributed by atoms with Crippen molar-refractivity contribution in [2.24, 2.45) is 0 Å². The smallest absolute Gasteiger partial charge is 0.164 e. The molecule has 1 aliphatic heterocycles. The van der Waals surface area contributed by atoms with E-state index in [4.69, 9.17) is 15.0 Å². The van der Waals surface area contributed by atoms with E-state index in [-0.39, 0.29) is 5.41 Å². The van der Waals surface area contributed by atoms with Gasteiger partial charge in [-0.05, 0) is 74.7 Å². The fraction of sp³-hybridized carbons (Fsp3) is 0.0625. The van der Waals surface area contributed by atoms with Crippen molar-refractivity contribution in [3.05, 3.63) is 181 Å². The predicted molar refractivity (Wildman–Crippen MR) is 214 cm³/mol. The average Bonchev–Trinajstić information content (AvgIpc) is 3.44. The minimum atomic E-state index is -0.220.